The summed E-state index contributed by atoms with van der Waals surface area (Å²) >= 11 is 0. The van der Waals surface area contributed by atoms with Gasteiger partial charge in [-0.3, -0.25) is 14.7 Å². The maximum absolute atomic E-state index is 12.5. The fourth-order valence-electron chi connectivity index (χ4n) is 2.66. The van der Waals surface area contributed by atoms with Gasteiger partial charge in [0, 0.05) is 11.1 Å². The molecule has 1 amide bonds. The molecule has 0 fully saturated rings. The largest absolute Gasteiger partial charge is 0.508 e. The van der Waals surface area contributed by atoms with E-state index in [0.717, 1.165) is 16.8 Å². The lowest BCUT2D eigenvalue weighted by molar-refractivity contribution is 0.101. The zero-order valence-corrected chi connectivity index (χ0v) is 10.00. The maximum Gasteiger partial charge on any atom is 0.264 e. The molecule has 0 saturated carbocycles. The summed E-state index contributed by atoms with van der Waals surface area (Å²) < 4.78 is 0. The third-order valence-electron chi connectivity index (χ3n) is 3.52. The van der Waals surface area contributed by atoms with Crippen LogP contribution in [0.25, 0.3) is 0 Å². The lowest BCUT2D eigenvalue weighted by Crippen LogP contribution is -2.33. The molecule has 2 aliphatic rings. The summed E-state index contributed by atoms with van der Waals surface area (Å²) in [5.74, 6) is 0.848. The summed E-state index contributed by atoms with van der Waals surface area (Å²) in [4.78, 5) is 18.6. The van der Waals surface area contributed by atoms with Gasteiger partial charge in [-0.05, 0) is 24.3 Å². The lowest BCUT2D eigenvalue weighted by atomic mass is 10.1. The molecular formula is C15H10N2O2. The number of aromatic hydroxyl groups is 1. The van der Waals surface area contributed by atoms with Gasteiger partial charge in [-0.25, -0.2) is 0 Å². The lowest BCUT2D eigenvalue weighted by Gasteiger charge is -2.24. The molecule has 19 heavy (non-hydrogen) atoms. The van der Waals surface area contributed by atoms with E-state index in [2.05, 4.69) is 4.99 Å². The normalized spacial score (nSPS) is 15.7. The van der Waals surface area contributed by atoms with Crippen LogP contribution in [0.4, 0.5) is 5.69 Å². The number of phenolic OH excluding ortho intramolecular Hbond substituents is 1. The van der Waals surface area contributed by atoms with E-state index in [0.29, 0.717) is 17.9 Å². The average Bonchev–Trinajstić information content (AvgIpc) is 2.73. The molecule has 2 heterocycles. The zero-order valence-electron chi connectivity index (χ0n) is 10.00. The smallest absolute Gasteiger partial charge is 0.264 e. The monoisotopic (exact) mass is 250 g/mol. The van der Waals surface area contributed by atoms with Crippen LogP contribution < -0.4 is 4.90 Å². The van der Waals surface area contributed by atoms with Crippen molar-refractivity contribution in [2.24, 2.45) is 4.99 Å². The van der Waals surface area contributed by atoms with Crippen molar-refractivity contribution in [3.05, 3.63) is 59.2 Å². The van der Waals surface area contributed by atoms with E-state index < -0.39 is 0 Å². The van der Waals surface area contributed by atoms with Gasteiger partial charge in [0.05, 0.1) is 17.8 Å². The van der Waals surface area contributed by atoms with Crippen molar-refractivity contribution in [3.8, 4) is 5.75 Å². The molecule has 92 valence electrons. The van der Waals surface area contributed by atoms with Gasteiger partial charge in [0.1, 0.15) is 11.6 Å². The zero-order chi connectivity index (χ0) is 13.0. The van der Waals surface area contributed by atoms with Gasteiger partial charge in [-0.15, -0.1) is 0 Å². The molecule has 0 aromatic heterocycles. The summed E-state index contributed by atoms with van der Waals surface area (Å²) in [6, 6.07) is 12.5. The first-order valence-corrected chi connectivity index (χ1v) is 6.06. The first-order chi connectivity index (χ1) is 9.25. The highest BCUT2D eigenvalue weighted by molar-refractivity contribution is 6.36. The van der Waals surface area contributed by atoms with Crippen molar-refractivity contribution in [1.82, 2.24) is 0 Å². The van der Waals surface area contributed by atoms with Gasteiger partial charge in [0.15, 0.2) is 0 Å². The summed E-state index contributed by atoms with van der Waals surface area (Å²) in [7, 11) is 0. The minimum Gasteiger partial charge on any atom is -0.508 e. The number of amides is 1. The molecular weight excluding hydrogens is 240 g/mol. The van der Waals surface area contributed by atoms with Crippen LogP contribution in [0.15, 0.2) is 47.5 Å². The standard InChI is InChI=1S/C15H10N2O2/c18-10-5-6-13-9(7-10)8-16-14-11-3-1-2-4-12(11)15(19)17(13)14/h1-7,18H,8H2. The first kappa shape index (κ1) is 10.3. The SMILES string of the molecule is O=C1c2ccccc2C2=NCc3cc(O)ccc3N12. The maximum atomic E-state index is 12.5. The molecule has 0 bridgehead atoms. The van der Waals surface area contributed by atoms with Gasteiger partial charge in [-0.2, -0.15) is 0 Å². The minimum atomic E-state index is -0.0546. The Labute approximate surface area is 109 Å². The Morgan fingerprint density at radius 2 is 1.89 bits per heavy atom. The number of aliphatic imine (C=N–C) groups is 1. The fourth-order valence-corrected chi connectivity index (χ4v) is 2.66. The van der Waals surface area contributed by atoms with Crippen LogP contribution in [0.1, 0.15) is 21.5 Å². The molecule has 0 unspecified atom stereocenters. The Bertz CT molecular complexity index is 750. The Balaban J connectivity index is 1.95. The van der Waals surface area contributed by atoms with E-state index in [1.807, 2.05) is 24.3 Å². The van der Waals surface area contributed by atoms with Crippen LogP contribution in [0.5, 0.6) is 5.75 Å². The number of benzene rings is 2. The van der Waals surface area contributed by atoms with E-state index in [-0.39, 0.29) is 11.7 Å². The second-order valence-corrected chi connectivity index (χ2v) is 4.64. The average molecular weight is 250 g/mol. The van der Waals surface area contributed by atoms with E-state index in [4.69, 9.17) is 0 Å². The van der Waals surface area contributed by atoms with Gasteiger partial charge >= 0.3 is 0 Å². The summed E-state index contributed by atoms with van der Waals surface area (Å²) in [6.45, 7) is 0.483. The Morgan fingerprint density at radius 1 is 1.11 bits per heavy atom. The van der Waals surface area contributed by atoms with Crippen molar-refractivity contribution in [2.45, 2.75) is 6.54 Å². The van der Waals surface area contributed by atoms with Gasteiger partial charge in [0.25, 0.3) is 5.91 Å². The summed E-state index contributed by atoms with van der Waals surface area (Å²) in [6.07, 6.45) is 0. The third-order valence-corrected chi connectivity index (χ3v) is 3.52. The fraction of sp³-hybridized carbons (Fsp3) is 0.0667. The number of nitrogens with zero attached hydrogens (tertiary/aromatic N) is 2. The van der Waals surface area contributed by atoms with Gasteiger partial charge in [0.2, 0.25) is 0 Å². The van der Waals surface area contributed by atoms with Crippen molar-refractivity contribution in [3.63, 3.8) is 0 Å². The summed E-state index contributed by atoms with van der Waals surface area (Å²) in [5.41, 5.74) is 3.24. The predicted octanol–water partition coefficient (Wildman–Crippen LogP) is 2.31. The molecule has 2 aromatic carbocycles. The molecule has 0 saturated heterocycles. The highest BCUT2D eigenvalue weighted by atomic mass is 16.3. The molecule has 0 aliphatic carbocycles. The van der Waals surface area contributed by atoms with Crippen LogP contribution in [0, 0.1) is 0 Å². The topological polar surface area (TPSA) is 52.9 Å². The Morgan fingerprint density at radius 3 is 2.74 bits per heavy atom. The Kier molecular flexibility index (Phi) is 1.87. The second kappa shape index (κ2) is 3.45. The number of hydrogen-bond donors (Lipinski definition) is 1. The predicted molar refractivity (Wildman–Crippen MR) is 71.6 cm³/mol. The molecule has 0 spiro atoms. The van der Waals surface area contributed by atoms with Crippen LogP contribution in [0.2, 0.25) is 0 Å². The highest BCUT2D eigenvalue weighted by Crippen LogP contribution is 2.36. The molecule has 4 rings (SSSR count). The molecule has 2 aliphatic heterocycles. The number of hydrogen-bond acceptors (Lipinski definition) is 3. The summed E-state index contributed by atoms with van der Waals surface area (Å²) in [5, 5.41) is 9.52. The van der Waals surface area contributed by atoms with Crippen molar-refractivity contribution >= 4 is 17.4 Å². The number of carbonyl (C=O) groups is 1. The molecule has 2 aromatic rings. The Hall–Kier alpha value is -2.62. The van der Waals surface area contributed by atoms with Crippen molar-refractivity contribution in [1.29, 1.82) is 0 Å². The van der Waals surface area contributed by atoms with Crippen molar-refractivity contribution < 1.29 is 9.90 Å². The quantitative estimate of drug-likeness (QED) is 0.780. The molecule has 1 N–H and O–H groups in total. The molecule has 0 radical (unpaired) electrons. The van der Waals surface area contributed by atoms with E-state index in [1.54, 1.807) is 23.1 Å². The van der Waals surface area contributed by atoms with Crippen LogP contribution in [0.3, 0.4) is 0 Å². The van der Waals surface area contributed by atoms with E-state index in [9.17, 15) is 9.90 Å². The molecule has 4 nitrogen and oxygen atoms in total. The highest BCUT2D eigenvalue weighted by Gasteiger charge is 2.37. The minimum absolute atomic E-state index is 0.0546. The molecule has 4 heteroatoms. The molecule has 0 atom stereocenters. The number of amidine groups is 1. The number of carbonyl (C=O) groups excluding carboxylic acids is 1. The second-order valence-electron chi connectivity index (χ2n) is 4.64. The van der Waals surface area contributed by atoms with Crippen LogP contribution >= 0.6 is 0 Å². The van der Waals surface area contributed by atoms with E-state index in [1.165, 1.54) is 0 Å². The van der Waals surface area contributed by atoms with E-state index >= 15 is 0 Å². The third kappa shape index (κ3) is 1.28. The first-order valence-electron chi connectivity index (χ1n) is 6.06. The van der Waals surface area contributed by atoms with Gasteiger partial charge < -0.3 is 5.11 Å². The van der Waals surface area contributed by atoms with Crippen molar-refractivity contribution in [2.75, 3.05) is 4.90 Å². The number of fused-ring (bicyclic) bond motifs is 5. The number of phenols is 1. The number of anilines is 1. The van der Waals surface area contributed by atoms with Gasteiger partial charge in [-0.1, -0.05) is 18.2 Å². The number of rotatable bonds is 0. The van der Waals surface area contributed by atoms with Crippen LogP contribution in [-0.4, -0.2) is 16.8 Å². The van der Waals surface area contributed by atoms with Crippen LogP contribution in [-0.2, 0) is 6.54 Å².